The molecule has 0 atom stereocenters. The molecule has 0 aliphatic heterocycles. The van der Waals surface area contributed by atoms with Gasteiger partial charge in [0.25, 0.3) is 0 Å². The van der Waals surface area contributed by atoms with Crippen LogP contribution >= 0.6 is 11.8 Å². The van der Waals surface area contributed by atoms with E-state index in [0.29, 0.717) is 13.0 Å². The lowest BCUT2D eigenvalue weighted by atomic mass is 10.1. The van der Waals surface area contributed by atoms with E-state index in [1.807, 2.05) is 11.8 Å². The van der Waals surface area contributed by atoms with Gasteiger partial charge >= 0.3 is 0 Å². The minimum absolute atomic E-state index is 0.135. The number of nitrogens with one attached hydrogen (secondary N) is 1. The van der Waals surface area contributed by atoms with Gasteiger partial charge in [-0.05, 0) is 44.9 Å². The summed E-state index contributed by atoms with van der Waals surface area (Å²) in [5.41, 5.74) is 6.74. The van der Waals surface area contributed by atoms with Crippen molar-refractivity contribution in [1.82, 2.24) is 5.32 Å². The van der Waals surface area contributed by atoms with Crippen LogP contribution in [-0.4, -0.2) is 23.7 Å². The van der Waals surface area contributed by atoms with Crippen LogP contribution in [0.15, 0.2) is 29.2 Å². The predicted molar refractivity (Wildman–Crippen MR) is 89.5 cm³/mol. The number of carbonyl (C=O) groups is 1. The Morgan fingerprint density at radius 2 is 1.95 bits per heavy atom. The minimum Gasteiger partial charge on any atom is -0.355 e. The highest BCUT2D eigenvalue weighted by molar-refractivity contribution is 8.00. The second kappa shape index (κ2) is 7.85. The molecule has 1 aromatic carbocycles. The minimum atomic E-state index is 0.135. The first-order chi connectivity index (χ1) is 10.1. The summed E-state index contributed by atoms with van der Waals surface area (Å²) < 4.78 is 0.174. The van der Waals surface area contributed by atoms with Crippen LogP contribution in [-0.2, 0) is 4.79 Å². The van der Waals surface area contributed by atoms with Crippen molar-refractivity contribution in [2.75, 3.05) is 13.1 Å². The standard InChI is InChI=1S/C17H26N2OS/c1-14-6-8-15(9-7-14)21-17(10-2-3-11-17)13-19-16(20)5-4-12-18/h6-9H,2-5,10-13,18H2,1H3,(H,19,20). The maximum absolute atomic E-state index is 11.8. The molecule has 3 N–H and O–H groups in total. The summed E-state index contributed by atoms with van der Waals surface area (Å²) in [6, 6.07) is 8.70. The van der Waals surface area contributed by atoms with Gasteiger partial charge < -0.3 is 11.1 Å². The molecule has 1 aliphatic rings. The van der Waals surface area contributed by atoms with E-state index in [4.69, 9.17) is 5.73 Å². The number of benzene rings is 1. The Morgan fingerprint density at radius 1 is 1.29 bits per heavy atom. The molecule has 0 aromatic heterocycles. The molecule has 0 saturated heterocycles. The second-order valence-corrected chi connectivity index (χ2v) is 7.52. The quantitative estimate of drug-likeness (QED) is 0.813. The molecule has 21 heavy (non-hydrogen) atoms. The molecule has 1 amide bonds. The summed E-state index contributed by atoms with van der Waals surface area (Å²) >= 11 is 1.93. The number of hydrogen-bond acceptors (Lipinski definition) is 3. The number of aryl methyl sites for hydroxylation is 1. The van der Waals surface area contributed by atoms with E-state index < -0.39 is 0 Å². The van der Waals surface area contributed by atoms with Crippen molar-refractivity contribution in [3.63, 3.8) is 0 Å². The van der Waals surface area contributed by atoms with Crippen molar-refractivity contribution in [1.29, 1.82) is 0 Å². The van der Waals surface area contributed by atoms with E-state index in [9.17, 15) is 4.79 Å². The molecule has 0 spiro atoms. The van der Waals surface area contributed by atoms with Crippen molar-refractivity contribution in [2.24, 2.45) is 5.73 Å². The van der Waals surface area contributed by atoms with Crippen LogP contribution in [0.3, 0.4) is 0 Å². The van der Waals surface area contributed by atoms with Crippen LogP contribution in [0.5, 0.6) is 0 Å². The molecule has 0 unspecified atom stereocenters. The van der Waals surface area contributed by atoms with Crippen LogP contribution in [0, 0.1) is 6.92 Å². The van der Waals surface area contributed by atoms with Gasteiger partial charge in [-0.2, -0.15) is 0 Å². The fraction of sp³-hybridized carbons (Fsp3) is 0.588. The Hall–Kier alpha value is -1.00. The Bertz CT molecular complexity index is 452. The molecule has 1 fully saturated rings. The predicted octanol–water partition coefficient (Wildman–Crippen LogP) is 3.26. The third-order valence-corrected chi connectivity index (χ3v) is 5.58. The van der Waals surface area contributed by atoms with Gasteiger partial charge in [0.05, 0.1) is 0 Å². The molecule has 1 aromatic rings. The zero-order chi connectivity index (χ0) is 15.1. The number of carbonyl (C=O) groups excluding carboxylic acids is 1. The Labute approximate surface area is 132 Å². The second-order valence-electron chi connectivity index (χ2n) is 5.97. The zero-order valence-corrected chi connectivity index (χ0v) is 13.7. The molecule has 0 bridgehead atoms. The lowest BCUT2D eigenvalue weighted by molar-refractivity contribution is -0.121. The number of thioether (sulfide) groups is 1. The van der Waals surface area contributed by atoms with Gasteiger partial charge in [0.15, 0.2) is 0 Å². The maximum atomic E-state index is 11.8. The number of rotatable bonds is 7. The molecular formula is C17H26N2OS. The van der Waals surface area contributed by atoms with Crippen LogP contribution in [0.25, 0.3) is 0 Å². The Balaban J connectivity index is 1.93. The van der Waals surface area contributed by atoms with Crippen molar-refractivity contribution in [3.05, 3.63) is 29.8 Å². The number of amides is 1. The first-order valence-electron chi connectivity index (χ1n) is 7.86. The fourth-order valence-electron chi connectivity index (χ4n) is 2.80. The monoisotopic (exact) mass is 306 g/mol. The Morgan fingerprint density at radius 3 is 2.57 bits per heavy atom. The SMILES string of the molecule is Cc1ccc(SC2(CNC(=O)CCCN)CCCC2)cc1. The van der Waals surface area contributed by atoms with Crippen molar-refractivity contribution >= 4 is 17.7 Å². The average molecular weight is 306 g/mol. The van der Waals surface area contributed by atoms with E-state index in [-0.39, 0.29) is 10.7 Å². The van der Waals surface area contributed by atoms with E-state index >= 15 is 0 Å². The maximum Gasteiger partial charge on any atom is 0.220 e. The summed E-state index contributed by atoms with van der Waals surface area (Å²) in [5, 5.41) is 3.12. The van der Waals surface area contributed by atoms with Crippen molar-refractivity contribution in [2.45, 2.75) is 55.1 Å². The van der Waals surface area contributed by atoms with E-state index in [1.54, 1.807) is 0 Å². The summed E-state index contributed by atoms with van der Waals surface area (Å²) in [5.74, 6) is 0.135. The third kappa shape index (κ3) is 5.04. The van der Waals surface area contributed by atoms with Gasteiger partial charge in [0.1, 0.15) is 0 Å². The van der Waals surface area contributed by atoms with Crippen LogP contribution in [0.1, 0.15) is 44.1 Å². The first kappa shape index (κ1) is 16.4. The molecule has 0 heterocycles. The zero-order valence-electron chi connectivity index (χ0n) is 12.9. The van der Waals surface area contributed by atoms with Gasteiger partial charge in [-0.25, -0.2) is 0 Å². The van der Waals surface area contributed by atoms with Crippen LogP contribution in [0.2, 0.25) is 0 Å². The first-order valence-corrected chi connectivity index (χ1v) is 8.68. The molecule has 1 aliphatic carbocycles. The van der Waals surface area contributed by atoms with Gasteiger partial charge in [-0.15, -0.1) is 11.8 Å². The molecule has 116 valence electrons. The van der Waals surface area contributed by atoms with E-state index in [2.05, 4.69) is 36.5 Å². The third-order valence-electron chi connectivity index (χ3n) is 4.09. The van der Waals surface area contributed by atoms with Crippen LogP contribution < -0.4 is 11.1 Å². The fourth-order valence-corrected chi connectivity index (χ4v) is 4.21. The Kier molecular flexibility index (Phi) is 6.12. The average Bonchev–Trinajstić information content (AvgIpc) is 2.94. The van der Waals surface area contributed by atoms with Gasteiger partial charge in [0.2, 0.25) is 5.91 Å². The summed E-state index contributed by atoms with van der Waals surface area (Å²) in [6.07, 6.45) is 6.20. The van der Waals surface area contributed by atoms with Crippen LogP contribution in [0.4, 0.5) is 0 Å². The molecule has 0 radical (unpaired) electrons. The summed E-state index contributed by atoms with van der Waals surface area (Å²) in [7, 11) is 0. The highest BCUT2D eigenvalue weighted by atomic mass is 32.2. The van der Waals surface area contributed by atoms with Gasteiger partial charge in [-0.3, -0.25) is 4.79 Å². The smallest absolute Gasteiger partial charge is 0.220 e. The number of nitrogens with two attached hydrogens (primary N) is 1. The lowest BCUT2D eigenvalue weighted by Crippen LogP contribution is -2.38. The summed E-state index contributed by atoms with van der Waals surface area (Å²) in [6.45, 7) is 3.46. The number of hydrogen-bond donors (Lipinski definition) is 2. The molecule has 2 rings (SSSR count). The van der Waals surface area contributed by atoms with Gasteiger partial charge in [0, 0.05) is 22.6 Å². The highest BCUT2D eigenvalue weighted by Gasteiger charge is 2.35. The lowest BCUT2D eigenvalue weighted by Gasteiger charge is -2.28. The van der Waals surface area contributed by atoms with Gasteiger partial charge in [-0.1, -0.05) is 30.5 Å². The van der Waals surface area contributed by atoms with Crippen molar-refractivity contribution in [3.8, 4) is 0 Å². The molecular weight excluding hydrogens is 280 g/mol. The molecule has 4 heteroatoms. The molecule has 1 saturated carbocycles. The molecule has 3 nitrogen and oxygen atoms in total. The van der Waals surface area contributed by atoms with E-state index in [1.165, 1.54) is 36.1 Å². The summed E-state index contributed by atoms with van der Waals surface area (Å²) in [4.78, 5) is 13.1. The van der Waals surface area contributed by atoms with E-state index in [0.717, 1.165) is 13.0 Å². The normalized spacial score (nSPS) is 16.9. The topological polar surface area (TPSA) is 55.1 Å². The largest absolute Gasteiger partial charge is 0.355 e. The highest BCUT2D eigenvalue weighted by Crippen LogP contribution is 2.44. The van der Waals surface area contributed by atoms with Crippen molar-refractivity contribution < 1.29 is 4.79 Å².